The third-order valence-corrected chi connectivity index (χ3v) is 2.84. The highest BCUT2D eigenvalue weighted by atomic mass is 16.5. The normalized spacial score (nSPS) is 10.0. The van der Waals surface area contributed by atoms with Gasteiger partial charge in [-0.1, -0.05) is 6.92 Å². The van der Waals surface area contributed by atoms with E-state index in [9.17, 15) is 14.4 Å². The monoisotopic (exact) mass is 296 g/mol. The summed E-state index contributed by atoms with van der Waals surface area (Å²) in [5.74, 6) is -1.02. The third-order valence-electron chi connectivity index (χ3n) is 2.84. The van der Waals surface area contributed by atoms with Crippen molar-refractivity contribution in [3.8, 4) is 0 Å². The predicted octanol–water partition coefficient (Wildman–Crippen LogP) is 0.763. The molecule has 1 rings (SSSR count). The Morgan fingerprint density at radius 2 is 2.00 bits per heavy atom. The van der Waals surface area contributed by atoms with Gasteiger partial charge in [0.1, 0.15) is 6.54 Å². The van der Waals surface area contributed by atoms with Crippen LogP contribution in [0.2, 0.25) is 0 Å². The van der Waals surface area contributed by atoms with E-state index >= 15 is 0 Å². The van der Waals surface area contributed by atoms with Gasteiger partial charge in [-0.25, -0.2) is 0 Å². The van der Waals surface area contributed by atoms with Crippen LogP contribution < -0.4 is 0 Å². The van der Waals surface area contributed by atoms with Gasteiger partial charge >= 0.3 is 5.97 Å². The molecule has 0 spiro atoms. The number of hydrogen-bond donors (Lipinski definition) is 0. The maximum atomic E-state index is 12.2. The van der Waals surface area contributed by atoms with Crippen LogP contribution in [-0.4, -0.2) is 61.4 Å². The summed E-state index contributed by atoms with van der Waals surface area (Å²) in [4.78, 5) is 38.1. The fourth-order valence-corrected chi connectivity index (χ4v) is 1.75. The summed E-state index contributed by atoms with van der Waals surface area (Å²) in [5.41, 5.74) is 0. The number of ether oxygens (including phenoxy) is 1. The summed E-state index contributed by atoms with van der Waals surface area (Å²) in [6.07, 6.45) is 2.10. The van der Waals surface area contributed by atoms with E-state index in [0.717, 1.165) is 0 Å². The number of likely N-dealkylation sites (N-methyl/N-ethyl adjacent to an activating group) is 1. The highest BCUT2D eigenvalue weighted by Gasteiger charge is 2.22. The molecule has 0 unspecified atom stereocenters. The van der Waals surface area contributed by atoms with Gasteiger partial charge < -0.3 is 19.0 Å². The van der Waals surface area contributed by atoms with E-state index in [4.69, 9.17) is 4.42 Å². The molecule has 1 aromatic heterocycles. The molecule has 0 bridgehead atoms. The van der Waals surface area contributed by atoms with Crippen LogP contribution in [0.4, 0.5) is 0 Å². The van der Waals surface area contributed by atoms with Crippen LogP contribution in [0.1, 0.15) is 23.9 Å². The molecule has 7 heteroatoms. The summed E-state index contributed by atoms with van der Waals surface area (Å²) in [6, 6.07) is 3.13. The van der Waals surface area contributed by atoms with Gasteiger partial charge in [0.25, 0.3) is 5.91 Å². The molecule has 7 nitrogen and oxygen atoms in total. The molecule has 0 N–H and O–H groups in total. The zero-order valence-electron chi connectivity index (χ0n) is 12.5. The lowest BCUT2D eigenvalue weighted by Gasteiger charge is -2.23. The predicted molar refractivity (Wildman–Crippen MR) is 74.6 cm³/mol. The van der Waals surface area contributed by atoms with Crippen molar-refractivity contribution in [2.75, 3.05) is 33.8 Å². The van der Waals surface area contributed by atoms with Crippen LogP contribution >= 0.6 is 0 Å². The molecule has 0 fully saturated rings. The lowest BCUT2D eigenvalue weighted by molar-refractivity contribution is -0.147. The van der Waals surface area contributed by atoms with E-state index in [1.165, 1.54) is 36.3 Å². The minimum Gasteiger partial charge on any atom is -0.468 e. The Balaban J connectivity index is 2.63. The second-order valence-electron chi connectivity index (χ2n) is 4.53. The smallest absolute Gasteiger partial charge is 0.325 e. The van der Waals surface area contributed by atoms with Gasteiger partial charge in [0.05, 0.1) is 19.9 Å². The highest BCUT2D eigenvalue weighted by molar-refractivity contribution is 5.94. The molecule has 0 radical (unpaired) electrons. The highest BCUT2D eigenvalue weighted by Crippen LogP contribution is 2.05. The molecular weight excluding hydrogens is 276 g/mol. The molecule has 0 atom stereocenters. The molecule has 0 aliphatic heterocycles. The van der Waals surface area contributed by atoms with Crippen molar-refractivity contribution in [2.24, 2.45) is 0 Å². The Bertz CT molecular complexity index is 484. The molecular formula is C14H20N2O5. The first-order chi connectivity index (χ1) is 9.99. The lowest BCUT2D eigenvalue weighted by atomic mass is 10.3. The van der Waals surface area contributed by atoms with Gasteiger partial charge in [-0.2, -0.15) is 0 Å². The fraction of sp³-hybridized carbons (Fsp3) is 0.500. The fourth-order valence-electron chi connectivity index (χ4n) is 1.75. The first kappa shape index (κ1) is 16.7. The van der Waals surface area contributed by atoms with Gasteiger partial charge in [0.15, 0.2) is 5.76 Å². The molecule has 1 aromatic rings. The van der Waals surface area contributed by atoms with Crippen molar-refractivity contribution in [2.45, 2.75) is 13.3 Å². The Labute approximate surface area is 123 Å². The van der Waals surface area contributed by atoms with Gasteiger partial charge in [-0.15, -0.1) is 0 Å². The quantitative estimate of drug-likeness (QED) is 0.694. The molecule has 21 heavy (non-hydrogen) atoms. The Morgan fingerprint density at radius 3 is 2.52 bits per heavy atom. The molecule has 0 aromatic carbocycles. The van der Waals surface area contributed by atoms with Crippen molar-refractivity contribution in [1.82, 2.24) is 9.80 Å². The van der Waals surface area contributed by atoms with Crippen molar-refractivity contribution in [3.05, 3.63) is 24.2 Å². The summed E-state index contributed by atoms with van der Waals surface area (Å²) in [6.45, 7) is 2.08. The number of furan rings is 1. The standard InChI is InChI=1S/C14H20N2O5/c1-4-7-16(10-13(18)20-3)12(17)9-15(2)14(19)11-6-5-8-21-11/h5-6,8H,4,7,9-10H2,1-3H3. The van der Waals surface area contributed by atoms with E-state index < -0.39 is 5.97 Å². The minimum atomic E-state index is -0.489. The van der Waals surface area contributed by atoms with E-state index in [2.05, 4.69) is 4.74 Å². The number of amides is 2. The molecule has 2 amide bonds. The van der Waals surface area contributed by atoms with Crippen LogP contribution in [0.5, 0.6) is 0 Å². The third kappa shape index (κ3) is 4.94. The molecule has 0 aliphatic rings. The van der Waals surface area contributed by atoms with E-state index in [0.29, 0.717) is 13.0 Å². The second kappa shape index (κ2) is 8.08. The maximum absolute atomic E-state index is 12.2. The number of methoxy groups -OCH3 is 1. The lowest BCUT2D eigenvalue weighted by Crippen LogP contribution is -2.43. The zero-order chi connectivity index (χ0) is 15.8. The summed E-state index contributed by atoms with van der Waals surface area (Å²) < 4.78 is 9.56. The van der Waals surface area contributed by atoms with Gasteiger partial charge in [0.2, 0.25) is 5.91 Å². The molecule has 0 saturated carbocycles. The maximum Gasteiger partial charge on any atom is 0.325 e. The molecule has 116 valence electrons. The number of rotatable bonds is 7. The van der Waals surface area contributed by atoms with Crippen LogP contribution in [0.3, 0.4) is 0 Å². The molecule has 1 heterocycles. The number of carbonyl (C=O) groups is 3. The van der Waals surface area contributed by atoms with Crippen molar-refractivity contribution in [1.29, 1.82) is 0 Å². The first-order valence-corrected chi connectivity index (χ1v) is 6.63. The van der Waals surface area contributed by atoms with Crippen molar-refractivity contribution in [3.63, 3.8) is 0 Å². The van der Waals surface area contributed by atoms with E-state index in [1.807, 2.05) is 6.92 Å². The SMILES string of the molecule is CCCN(CC(=O)OC)C(=O)CN(C)C(=O)c1ccco1. The number of hydrogen-bond acceptors (Lipinski definition) is 5. The summed E-state index contributed by atoms with van der Waals surface area (Å²) in [5, 5.41) is 0. The van der Waals surface area contributed by atoms with Crippen LogP contribution in [0, 0.1) is 0 Å². The molecule has 0 aliphatic carbocycles. The first-order valence-electron chi connectivity index (χ1n) is 6.63. The van der Waals surface area contributed by atoms with Gasteiger partial charge in [-0.05, 0) is 18.6 Å². The Hall–Kier alpha value is -2.31. The van der Waals surface area contributed by atoms with Gasteiger partial charge in [-0.3, -0.25) is 14.4 Å². The largest absolute Gasteiger partial charge is 0.468 e. The van der Waals surface area contributed by atoms with Gasteiger partial charge in [0, 0.05) is 13.6 Å². The van der Waals surface area contributed by atoms with Crippen LogP contribution in [0.25, 0.3) is 0 Å². The average molecular weight is 296 g/mol. The Kier molecular flexibility index (Phi) is 6.45. The number of carbonyl (C=O) groups excluding carboxylic acids is 3. The van der Waals surface area contributed by atoms with E-state index in [1.54, 1.807) is 6.07 Å². The van der Waals surface area contributed by atoms with Crippen molar-refractivity contribution >= 4 is 17.8 Å². The summed E-state index contributed by atoms with van der Waals surface area (Å²) in [7, 11) is 2.77. The zero-order valence-corrected chi connectivity index (χ0v) is 12.5. The minimum absolute atomic E-state index is 0.119. The van der Waals surface area contributed by atoms with Crippen LogP contribution in [-0.2, 0) is 14.3 Å². The van der Waals surface area contributed by atoms with Crippen LogP contribution in [0.15, 0.2) is 22.8 Å². The Morgan fingerprint density at radius 1 is 1.29 bits per heavy atom. The van der Waals surface area contributed by atoms with Crippen molar-refractivity contribution < 1.29 is 23.5 Å². The summed E-state index contributed by atoms with van der Waals surface area (Å²) >= 11 is 0. The second-order valence-corrected chi connectivity index (χ2v) is 4.53. The van der Waals surface area contributed by atoms with E-state index in [-0.39, 0.29) is 30.7 Å². The number of esters is 1. The topological polar surface area (TPSA) is 80.1 Å². The average Bonchev–Trinajstić information content (AvgIpc) is 2.99. The number of nitrogens with zero attached hydrogens (tertiary/aromatic N) is 2. The molecule has 0 saturated heterocycles.